The van der Waals surface area contributed by atoms with Crippen LogP contribution in [-0.2, 0) is 17.1 Å². The molecular formula is C17H15Cl2N3OS. The van der Waals surface area contributed by atoms with E-state index in [2.05, 4.69) is 22.3 Å². The molecule has 0 aliphatic heterocycles. The van der Waals surface area contributed by atoms with Crippen LogP contribution in [0.5, 0.6) is 0 Å². The Morgan fingerprint density at radius 2 is 1.83 bits per heavy atom. The average Bonchev–Trinajstić information content (AvgIpc) is 2.99. The number of rotatable bonds is 6. The zero-order valence-electron chi connectivity index (χ0n) is 12.9. The molecule has 0 saturated heterocycles. The van der Waals surface area contributed by atoms with Gasteiger partial charge in [-0.25, -0.2) is 0 Å². The van der Waals surface area contributed by atoms with Crippen LogP contribution < -0.4 is 0 Å². The summed E-state index contributed by atoms with van der Waals surface area (Å²) in [4.78, 5) is 0. The molecule has 7 heteroatoms. The van der Waals surface area contributed by atoms with Gasteiger partial charge in [0.05, 0.1) is 15.7 Å². The van der Waals surface area contributed by atoms with Crippen molar-refractivity contribution < 1.29 is 4.74 Å². The highest BCUT2D eigenvalue weighted by Crippen LogP contribution is 2.29. The van der Waals surface area contributed by atoms with Crippen molar-refractivity contribution in [2.24, 2.45) is 0 Å². The topological polar surface area (TPSA) is 39.9 Å². The minimum Gasteiger partial charge on any atom is -0.377 e. The molecule has 4 nitrogen and oxygen atoms in total. The van der Waals surface area contributed by atoms with Gasteiger partial charge in [0, 0.05) is 12.9 Å². The predicted molar refractivity (Wildman–Crippen MR) is 98.1 cm³/mol. The molecule has 24 heavy (non-hydrogen) atoms. The first kappa shape index (κ1) is 17.3. The number of hydrogen-bond donors (Lipinski definition) is 0. The lowest BCUT2D eigenvalue weighted by molar-refractivity contribution is 0.176. The van der Waals surface area contributed by atoms with Gasteiger partial charge < -0.3 is 4.74 Å². The molecule has 0 aliphatic rings. The lowest BCUT2D eigenvalue weighted by Gasteiger charge is -2.11. The number of halogens is 2. The van der Waals surface area contributed by atoms with Gasteiger partial charge in [0.1, 0.15) is 6.61 Å². The number of nitrogens with zero attached hydrogens (tertiary/aromatic N) is 3. The number of ether oxygens (including phenoxy) is 1. The second-order valence-electron chi connectivity index (χ2n) is 5.04. The van der Waals surface area contributed by atoms with Gasteiger partial charge in [-0.05, 0) is 23.8 Å². The molecule has 0 radical (unpaired) electrons. The van der Waals surface area contributed by atoms with Gasteiger partial charge in [-0.1, -0.05) is 65.3 Å². The molecule has 0 amide bonds. The standard InChI is InChI=1S/C17H15Cl2N3OS/c1-23-10-16-20-21-17(24-11-12-5-3-2-4-6-12)22(16)13-7-8-14(18)15(19)9-13/h2-9H,10-11H2,1H3. The fourth-order valence-electron chi connectivity index (χ4n) is 2.22. The summed E-state index contributed by atoms with van der Waals surface area (Å²) in [5.74, 6) is 1.51. The Morgan fingerprint density at radius 1 is 1.04 bits per heavy atom. The maximum Gasteiger partial charge on any atom is 0.196 e. The highest BCUT2D eigenvalue weighted by Gasteiger charge is 2.15. The fraction of sp³-hybridized carbons (Fsp3) is 0.176. The van der Waals surface area contributed by atoms with Crippen LogP contribution in [-0.4, -0.2) is 21.9 Å². The molecule has 124 valence electrons. The van der Waals surface area contributed by atoms with Gasteiger partial charge in [-0.2, -0.15) is 0 Å². The maximum absolute atomic E-state index is 6.16. The summed E-state index contributed by atoms with van der Waals surface area (Å²) < 4.78 is 7.17. The van der Waals surface area contributed by atoms with Crippen LogP contribution in [0.3, 0.4) is 0 Å². The first-order chi connectivity index (χ1) is 11.7. The van der Waals surface area contributed by atoms with Crippen molar-refractivity contribution in [3.8, 4) is 5.69 Å². The molecule has 0 atom stereocenters. The molecule has 0 bridgehead atoms. The Kier molecular flexibility index (Phi) is 5.79. The van der Waals surface area contributed by atoms with Crippen LogP contribution >= 0.6 is 35.0 Å². The van der Waals surface area contributed by atoms with Crippen molar-refractivity contribution in [2.45, 2.75) is 17.5 Å². The Balaban J connectivity index is 1.93. The summed E-state index contributed by atoms with van der Waals surface area (Å²) in [5.41, 5.74) is 2.08. The molecule has 2 aromatic carbocycles. The summed E-state index contributed by atoms with van der Waals surface area (Å²) in [5, 5.41) is 10.3. The van der Waals surface area contributed by atoms with Gasteiger partial charge in [-0.3, -0.25) is 4.57 Å². The number of hydrogen-bond acceptors (Lipinski definition) is 4. The van der Waals surface area contributed by atoms with E-state index in [1.54, 1.807) is 31.0 Å². The number of methoxy groups -OCH3 is 1. The van der Waals surface area contributed by atoms with Crippen molar-refractivity contribution in [2.75, 3.05) is 7.11 Å². The molecule has 1 heterocycles. The molecule has 3 rings (SSSR count). The smallest absolute Gasteiger partial charge is 0.196 e. The Morgan fingerprint density at radius 3 is 2.54 bits per heavy atom. The van der Waals surface area contributed by atoms with Crippen LogP contribution in [0.15, 0.2) is 53.7 Å². The summed E-state index contributed by atoms with van der Waals surface area (Å²) in [7, 11) is 1.63. The molecule has 0 spiro atoms. The van der Waals surface area contributed by atoms with E-state index >= 15 is 0 Å². The van der Waals surface area contributed by atoms with Crippen LogP contribution in [0.2, 0.25) is 10.0 Å². The van der Waals surface area contributed by atoms with Crippen molar-refractivity contribution in [1.29, 1.82) is 0 Å². The molecular weight excluding hydrogens is 365 g/mol. The normalized spacial score (nSPS) is 11.0. The number of benzene rings is 2. The van der Waals surface area contributed by atoms with Crippen molar-refractivity contribution in [3.05, 3.63) is 70.0 Å². The summed E-state index contributed by atoms with van der Waals surface area (Å²) in [6.45, 7) is 0.360. The highest BCUT2D eigenvalue weighted by molar-refractivity contribution is 7.98. The Hall–Kier alpha value is -1.53. The number of aromatic nitrogens is 3. The largest absolute Gasteiger partial charge is 0.377 e. The summed E-state index contributed by atoms with van der Waals surface area (Å²) in [6, 6.07) is 15.7. The lowest BCUT2D eigenvalue weighted by atomic mass is 10.2. The second-order valence-corrected chi connectivity index (χ2v) is 6.80. The third-order valence-electron chi connectivity index (χ3n) is 3.35. The third kappa shape index (κ3) is 3.92. The minimum atomic E-state index is 0.360. The molecule has 3 aromatic rings. The molecule has 0 fully saturated rings. The van der Waals surface area contributed by atoms with Crippen molar-refractivity contribution in [1.82, 2.24) is 14.8 Å². The monoisotopic (exact) mass is 379 g/mol. The highest BCUT2D eigenvalue weighted by atomic mass is 35.5. The van der Waals surface area contributed by atoms with E-state index in [1.165, 1.54) is 5.56 Å². The maximum atomic E-state index is 6.16. The number of thioether (sulfide) groups is 1. The second kappa shape index (κ2) is 8.03. The zero-order chi connectivity index (χ0) is 16.9. The van der Waals surface area contributed by atoms with Crippen LogP contribution in [0.1, 0.15) is 11.4 Å². The van der Waals surface area contributed by atoms with E-state index in [0.717, 1.165) is 16.6 Å². The molecule has 1 aromatic heterocycles. The van der Waals surface area contributed by atoms with E-state index in [9.17, 15) is 0 Å². The quantitative estimate of drug-likeness (QED) is 0.564. The van der Waals surface area contributed by atoms with E-state index in [0.29, 0.717) is 22.5 Å². The van der Waals surface area contributed by atoms with Crippen LogP contribution in [0.25, 0.3) is 5.69 Å². The van der Waals surface area contributed by atoms with Gasteiger partial charge in [0.25, 0.3) is 0 Å². The first-order valence-corrected chi connectivity index (χ1v) is 8.98. The van der Waals surface area contributed by atoms with E-state index < -0.39 is 0 Å². The predicted octanol–water partition coefficient (Wildman–Crippen LogP) is 5.01. The molecule has 0 unspecified atom stereocenters. The van der Waals surface area contributed by atoms with E-state index in [4.69, 9.17) is 27.9 Å². The van der Waals surface area contributed by atoms with Crippen LogP contribution in [0, 0.1) is 0 Å². The van der Waals surface area contributed by atoms with Gasteiger partial charge in [-0.15, -0.1) is 10.2 Å². The first-order valence-electron chi connectivity index (χ1n) is 7.24. The van der Waals surface area contributed by atoms with Gasteiger partial charge in [0.15, 0.2) is 11.0 Å². The van der Waals surface area contributed by atoms with Gasteiger partial charge in [0.2, 0.25) is 0 Å². The van der Waals surface area contributed by atoms with Gasteiger partial charge >= 0.3 is 0 Å². The summed E-state index contributed by atoms with van der Waals surface area (Å²) in [6.07, 6.45) is 0. The molecule has 0 aliphatic carbocycles. The third-order valence-corrected chi connectivity index (χ3v) is 5.09. The van der Waals surface area contributed by atoms with Crippen molar-refractivity contribution in [3.63, 3.8) is 0 Å². The lowest BCUT2D eigenvalue weighted by Crippen LogP contribution is -2.04. The zero-order valence-corrected chi connectivity index (χ0v) is 15.3. The molecule has 0 saturated carbocycles. The Labute approximate surface area is 154 Å². The molecule has 0 N–H and O–H groups in total. The average molecular weight is 380 g/mol. The summed E-state index contributed by atoms with van der Waals surface area (Å²) >= 11 is 13.8. The van der Waals surface area contributed by atoms with Crippen molar-refractivity contribution >= 4 is 35.0 Å². The minimum absolute atomic E-state index is 0.360. The fourth-order valence-corrected chi connectivity index (χ4v) is 3.44. The van der Waals surface area contributed by atoms with Crippen LogP contribution in [0.4, 0.5) is 0 Å². The Bertz CT molecular complexity index is 824. The SMILES string of the molecule is COCc1nnc(SCc2ccccc2)n1-c1ccc(Cl)c(Cl)c1. The van der Waals surface area contributed by atoms with E-state index in [1.807, 2.05) is 28.8 Å². The van der Waals surface area contributed by atoms with E-state index in [-0.39, 0.29) is 0 Å².